The fourth-order valence-corrected chi connectivity index (χ4v) is 5.70. The number of benzene rings is 5. The van der Waals surface area contributed by atoms with Crippen molar-refractivity contribution >= 4 is 22.8 Å². The van der Waals surface area contributed by atoms with Crippen molar-refractivity contribution in [3.8, 4) is 0 Å². The van der Waals surface area contributed by atoms with Crippen LogP contribution in [-0.2, 0) is 4.79 Å². The minimum atomic E-state index is -0.607. The smallest absolute Gasteiger partial charge is 0.235 e. The van der Waals surface area contributed by atoms with Crippen LogP contribution in [0, 0.1) is 0 Å². The summed E-state index contributed by atoms with van der Waals surface area (Å²) in [5, 5.41) is 3.05. The molecule has 0 unspecified atom stereocenters. The lowest BCUT2D eigenvalue weighted by atomic mass is 9.71. The molecule has 0 saturated heterocycles. The number of hydrogen-bond acceptors (Lipinski definition) is 2. The number of allylic oxidation sites excluding steroid dienone is 2. The molecule has 1 heterocycles. The number of Topliss-reactive ketones (excluding diaryl/α,β-unsaturated/α-hetero) is 1. The van der Waals surface area contributed by atoms with Gasteiger partial charge in [0, 0.05) is 23.3 Å². The van der Waals surface area contributed by atoms with Crippen LogP contribution < -0.4 is 5.32 Å². The van der Waals surface area contributed by atoms with Gasteiger partial charge in [-0.15, -0.1) is 0 Å². The van der Waals surface area contributed by atoms with E-state index in [-0.39, 0.29) is 11.7 Å². The van der Waals surface area contributed by atoms with Gasteiger partial charge in [-0.2, -0.15) is 0 Å². The molecule has 1 aliphatic heterocycles. The molecule has 3 nitrogen and oxygen atoms in total. The molecule has 0 aromatic heterocycles. The summed E-state index contributed by atoms with van der Waals surface area (Å²) in [4.78, 5) is 28.5. The molecule has 1 N–H and O–H groups in total. The largest absolute Gasteiger partial charge is 0.331 e. The Morgan fingerprint density at radius 3 is 1.37 bits per heavy atom. The van der Waals surface area contributed by atoms with E-state index in [1.54, 1.807) is 6.20 Å². The Morgan fingerprint density at radius 1 is 0.488 bits per heavy atom. The Bertz CT molecular complexity index is 1710. The van der Waals surface area contributed by atoms with Gasteiger partial charge in [0.1, 0.15) is 0 Å². The quantitative estimate of drug-likeness (QED) is 0.225. The molecule has 5 aromatic carbocycles. The molecule has 5 aromatic rings. The third kappa shape index (κ3) is 5.30. The molecule has 41 heavy (non-hydrogen) atoms. The highest BCUT2D eigenvalue weighted by Crippen LogP contribution is 2.48. The van der Waals surface area contributed by atoms with Crippen molar-refractivity contribution in [3.63, 3.8) is 0 Å². The third-order valence-corrected chi connectivity index (χ3v) is 7.54. The summed E-state index contributed by atoms with van der Waals surface area (Å²) in [5.41, 5.74) is 6.64. The summed E-state index contributed by atoms with van der Waals surface area (Å²) in [5.74, 6) is -1.37. The fourth-order valence-electron chi connectivity index (χ4n) is 5.70. The first kappa shape index (κ1) is 26.0. The van der Waals surface area contributed by atoms with Gasteiger partial charge in [0.25, 0.3) is 0 Å². The molecule has 0 radical (unpaired) electrons. The summed E-state index contributed by atoms with van der Waals surface area (Å²) >= 11 is 0. The van der Waals surface area contributed by atoms with Crippen LogP contribution >= 0.6 is 0 Å². The van der Waals surface area contributed by atoms with E-state index < -0.39 is 11.8 Å². The van der Waals surface area contributed by atoms with Crippen molar-refractivity contribution in [2.24, 2.45) is 0 Å². The molecule has 2 atom stereocenters. The van der Waals surface area contributed by atoms with E-state index >= 15 is 0 Å². The lowest BCUT2D eigenvalue weighted by Gasteiger charge is -2.33. The second-order valence-electron chi connectivity index (χ2n) is 10.1. The molecule has 0 bridgehead atoms. The van der Waals surface area contributed by atoms with E-state index in [1.807, 2.05) is 127 Å². The van der Waals surface area contributed by atoms with Crippen LogP contribution in [-0.4, -0.2) is 11.7 Å². The molecule has 1 amide bonds. The summed E-state index contributed by atoms with van der Waals surface area (Å²) in [6.45, 7) is 0. The highest BCUT2D eigenvalue weighted by molar-refractivity contribution is 6.15. The Labute approximate surface area is 240 Å². The summed E-state index contributed by atoms with van der Waals surface area (Å²) in [6, 6.07) is 49.4. The van der Waals surface area contributed by atoms with Gasteiger partial charge >= 0.3 is 0 Å². The first-order chi connectivity index (χ1) is 20.2. The average molecular weight is 532 g/mol. The van der Waals surface area contributed by atoms with Crippen LogP contribution in [0.1, 0.15) is 44.4 Å². The SMILES string of the molecule is O=C(C1=CNC(=O)[C@@H](c2ccccc2)C(c2ccccc2)=C(c2ccccc2)[C@H]1c1ccccc1)c1ccccc1. The van der Waals surface area contributed by atoms with Gasteiger partial charge in [0.05, 0.1) is 5.92 Å². The number of ketones is 1. The van der Waals surface area contributed by atoms with Crippen molar-refractivity contribution in [2.45, 2.75) is 11.8 Å². The monoisotopic (exact) mass is 531 g/mol. The van der Waals surface area contributed by atoms with Crippen molar-refractivity contribution in [1.82, 2.24) is 5.32 Å². The van der Waals surface area contributed by atoms with Crippen LogP contribution in [0.5, 0.6) is 0 Å². The molecular formula is C38H29NO2. The highest BCUT2D eigenvalue weighted by atomic mass is 16.2. The molecule has 3 heteroatoms. The van der Waals surface area contributed by atoms with Crippen molar-refractivity contribution in [1.29, 1.82) is 0 Å². The predicted octanol–water partition coefficient (Wildman–Crippen LogP) is 8.06. The van der Waals surface area contributed by atoms with E-state index in [1.165, 1.54) is 0 Å². The van der Waals surface area contributed by atoms with E-state index in [9.17, 15) is 9.59 Å². The van der Waals surface area contributed by atoms with Crippen LogP contribution in [0.2, 0.25) is 0 Å². The zero-order valence-electron chi connectivity index (χ0n) is 22.5. The number of rotatable bonds is 6. The Hall–Kier alpha value is -5.28. The number of amides is 1. The number of carbonyl (C=O) groups is 2. The molecule has 6 rings (SSSR count). The normalized spacial score (nSPS) is 17.2. The Balaban J connectivity index is 1.74. The number of carbonyl (C=O) groups excluding carboxylic acids is 2. The van der Waals surface area contributed by atoms with Gasteiger partial charge in [0.2, 0.25) is 5.91 Å². The molecule has 1 aliphatic rings. The minimum absolute atomic E-state index is 0.126. The molecule has 0 fully saturated rings. The standard InChI is InChI=1S/C38H29NO2/c40-37(31-24-14-5-15-25-31)32-26-39-38(41)36(30-22-12-4-13-23-30)35(29-20-10-3-11-21-29)34(28-18-8-2-9-19-28)33(32)27-16-6-1-7-17-27/h1-26,33,36H,(H,39,41)/t33-,36-/m0/s1. The average Bonchev–Trinajstić information content (AvgIpc) is 3.04. The fraction of sp³-hybridized carbons (Fsp3) is 0.0526. The van der Waals surface area contributed by atoms with Crippen LogP contribution in [0.3, 0.4) is 0 Å². The summed E-state index contributed by atoms with van der Waals surface area (Å²) < 4.78 is 0. The van der Waals surface area contributed by atoms with Gasteiger partial charge < -0.3 is 5.32 Å². The van der Waals surface area contributed by atoms with Crippen LogP contribution in [0.15, 0.2) is 163 Å². The van der Waals surface area contributed by atoms with Gasteiger partial charge in [-0.25, -0.2) is 0 Å². The van der Waals surface area contributed by atoms with Crippen molar-refractivity contribution in [2.75, 3.05) is 0 Å². The van der Waals surface area contributed by atoms with E-state index in [0.717, 1.165) is 33.4 Å². The minimum Gasteiger partial charge on any atom is -0.331 e. The van der Waals surface area contributed by atoms with Crippen LogP contribution in [0.25, 0.3) is 11.1 Å². The van der Waals surface area contributed by atoms with Gasteiger partial charge in [0.15, 0.2) is 5.78 Å². The molecule has 0 aliphatic carbocycles. The van der Waals surface area contributed by atoms with Gasteiger partial charge in [-0.3, -0.25) is 9.59 Å². The number of nitrogens with one attached hydrogen (secondary N) is 1. The van der Waals surface area contributed by atoms with Gasteiger partial charge in [-0.05, 0) is 33.4 Å². The van der Waals surface area contributed by atoms with Crippen LogP contribution in [0.4, 0.5) is 0 Å². The lowest BCUT2D eigenvalue weighted by molar-refractivity contribution is -0.120. The zero-order chi connectivity index (χ0) is 28.0. The predicted molar refractivity (Wildman–Crippen MR) is 165 cm³/mol. The summed E-state index contributed by atoms with van der Waals surface area (Å²) in [6.07, 6.45) is 1.63. The zero-order valence-corrected chi connectivity index (χ0v) is 22.5. The van der Waals surface area contributed by atoms with Crippen molar-refractivity contribution in [3.05, 3.63) is 191 Å². The molecule has 0 spiro atoms. The first-order valence-corrected chi connectivity index (χ1v) is 13.8. The van der Waals surface area contributed by atoms with Gasteiger partial charge in [-0.1, -0.05) is 152 Å². The maximum absolute atomic E-state index is 14.3. The molecular weight excluding hydrogens is 502 g/mol. The highest BCUT2D eigenvalue weighted by Gasteiger charge is 2.37. The first-order valence-electron chi connectivity index (χ1n) is 13.8. The third-order valence-electron chi connectivity index (χ3n) is 7.54. The maximum atomic E-state index is 14.3. The number of hydrogen-bond donors (Lipinski definition) is 1. The molecule has 0 saturated carbocycles. The van der Waals surface area contributed by atoms with E-state index in [2.05, 4.69) is 29.6 Å². The van der Waals surface area contributed by atoms with Crippen molar-refractivity contribution < 1.29 is 9.59 Å². The van der Waals surface area contributed by atoms with E-state index in [4.69, 9.17) is 0 Å². The van der Waals surface area contributed by atoms with E-state index in [0.29, 0.717) is 11.1 Å². The Kier molecular flexibility index (Phi) is 7.51. The second-order valence-corrected chi connectivity index (χ2v) is 10.1. The topological polar surface area (TPSA) is 46.2 Å². The Morgan fingerprint density at radius 2 is 0.878 bits per heavy atom. The summed E-state index contributed by atoms with van der Waals surface area (Å²) in [7, 11) is 0. The maximum Gasteiger partial charge on any atom is 0.235 e. The second kappa shape index (κ2) is 11.8. The lowest BCUT2D eigenvalue weighted by Crippen LogP contribution is -2.31. The molecule has 198 valence electrons.